The summed E-state index contributed by atoms with van der Waals surface area (Å²) in [5.74, 6) is 2.54. The highest BCUT2D eigenvalue weighted by Crippen LogP contribution is 2.09. The quantitative estimate of drug-likeness (QED) is 0.747. The Morgan fingerprint density at radius 2 is 2.11 bits per heavy atom. The van der Waals surface area contributed by atoms with Crippen molar-refractivity contribution in [3.8, 4) is 12.3 Å². The van der Waals surface area contributed by atoms with Gasteiger partial charge in [0, 0.05) is 6.54 Å². The SMILES string of the molecule is C#CC(CCC)NC(=O)Cc1ccccc1CN. The number of carbonyl (C=O) groups is 1. The number of carbonyl (C=O) groups excluding carboxylic acids is 1. The van der Waals surface area contributed by atoms with Gasteiger partial charge >= 0.3 is 0 Å². The molecule has 1 atom stereocenters. The molecule has 1 aromatic rings. The van der Waals surface area contributed by atoms with Gasteiger partial charge in [-0.25, -0.2) is 0 Å². The molecule has 1 unspecified atom stereocenters. The molecule has 3 N–H and O–H groups in total. The average Bonchev–Trinajstić information content (AvgIpc) is 2.38. The smallest absolute Gasteiger partial charge is 0.225 e. The van der Waals surface area contributed by atoms with Crippen LogP contribution in [0.3, 0.4) is 0 Å². The Hall–Kier alpha value is -1.79. The maximum Gasteiger partial charge on any atom is 0.225 e. The first kappa shape index (κ1) is 14.3. The van der Waals surface area contributed by atoms with Gasteiger partial charge in [-0.1, -0.05) is 43.5 Å². The fraction of sp³-hybridized carbons (Fsp3) is 0.400. The Morgan fingerprint density at radius 3 is 2.67 bits per heavy atom. The van der Waals surface area contributed by atoms with Gasteiger partial charge in [-0.15, -0.1) is 6.42 Å². The molecule has 0 aliphatic rings. The Bertz CT molecular complexity index is 434. The number of hydrogen-bond acceptors (Lipinski definition) is 2. The first-order valence-electron chi connectivity index (χ1n) is 6.23. The highest BCUT2D eigenvalue weighted by molar-refractivity contribution is 5.79. The first-order chi connectivity index (χ1) is 8.71. The van der Waals surface area contributed by atoms with E-state index in [2.05, 4.69) is 11.2 Å². The minimum Gasteiger partial charge on any atom is -0.342 e. The van der Waals surface area contributed by atoms with Gasteiger partial charge in [0.1, 0.15) is 0 Å². The molecule has 0 bridgehead atoms. The van der Waals surface area contributed by atoms with Crippen molar-refractivity contribution in [2.45, 2.75) is 38.8 Å². The second kappa shape index (κ2) is 7.52. The largest absolute Gasteiger partial charge is 0.342 e. The van der Waals surface area contributed by atoms with Crippen LogP contribution in [0.2, 0.25) is 0 Å². The van der Waals surface area contributed by atoms with Crippen LogP contribution < -0.4 is 11.1 Å². The Labute approximate surface area is 109 Å². The lowest BCUT2D eigenvalue weighted by molar-refractivity contribution is -0.120. The third-order valence-corrected chi connectivity index (χ3v) is 2.80. The maximum absolute atomic E-state index is 11.9. The van der Waals surface area contributed by atoms with Gasteiger partial charge in [-0.3, -0.25) is 4.79 Å². The van der Waals surface area contributed by atoms with E-state index in [1.807, 2.05) is 31.2 Å². The molecule has 0 heterocycles. The zero-order valence-electron chi connectivity index (χ0n) is 10.8. The Kier molecular flexibility index (Phi) is 5.96. The predicted octanol–water partition coefficient (Wildman–Crippen LogP) is 1.61. The molecule has 0 radical (unpaired) electrons. The Balaban J connectivity index is 2.62. The minimum atomic E-state index is -0.174. The van der Waals surface area contributed by atoms with E-state index in [4.69, 9.17) is 12.2 Å². The Morgan fingerprint density at radius 1 is 1.44 bits per heavy atom. The molecule has 0 aromatic heterocycles. The number of amides is 1. The maximum atomic E-state index is 11.9. The lowest BCUT2D eigenvalue weighted by Gasteiger charge is -2.13. The molecule has 1 amide bonds. The highest BCUT2D eigenvalue weighted by Gasteiger charge is 2.10. The summed E-state index contributed by atoms with van der Waals surface area (Å²) in [5.41, 5.74) is 7.60. The van der Waals surface area contributed by atoms with E-state index < -0.39 is 0 Å². The number of nitrogens with two attached hydrogens (primary N) is 1. The van der Waals surface area contributed by atoms with Gasteiger partial charge in [0.25, 0.3) is 0 Å². The fourth-order valence-electron chi connectivity index (χ4n) is 1.83. The molecular formula is C15H20N2O. The zero-order chi connectivity index (χ0) is 13.4. The molecule has 0 saturated carbocycles. The minimum absolute atomic E-state index is 0.0488. The van der Waals surface area contributed by atoms with Crippen LogP contribution >= 0.6 is 0 Å². The van der Waals surface area contributed by atoms with Crippen LogP contribution in [0.15, 0.2) is 24.3 Å². The third kappa shape index (κ3) is 4.23. The van der Waals surface area contributed by atoms with Gasteiger partial charge in [-0.2, -0.15) is 0 Å². The van der Waals surface area contributed by atoms with Crippen molar-refractivity contribution < 1.29 is 4.79 Å². The van der Waals surface area contributed by atoms with E-state index >= 15 is 0 Å². The van der Waals surface area contributed by atoms with Crippen molar-refractivity contribution in [2.75, 3.05) is 0 Å². The van der Waals surface area contributed by atoms with Crippen molar-refractivity contribution in [3.63, 3.8) is 0 Å². The summed E-state index contributed by atoms with van der Waals surface area (Å²) >= 11 is 0. The van der Waals surface area contributed by atoms with Crippen molar-refractivity contribution in [1.82, 2.24) is 5.32 Å². The van der Waals surface area contributed by atoms with Crippen molar-refractivity contribution in [3.05, 3.63) is 35.4 Å². The van der Waals surface area contributed by atoms with Gasteiger partial charge in [0.2, 0.25) is 5.91 Å². The molecule has 0 spiro atoms. The van der Waals surface area contributed by atoms with Crippen LogP contribution in [0.1, 0.15) is 30.9 Å². The van der Waals surface area contributed by atoms with Crippen LogP contribution in [-0.4, -0.2) is 11.9 Å². The monoisotopic (exact) mass is 244 g/mol. The first-order valence-corrected chi connectivity index (χ1v) is 6.23. The molecule has 0 fully saturated rings. The van der Waals surface area contributed by atoms with Gasteiger partial charge in [-0.05, 0) is 17.5 Å². The number of terminal acetylenes is 1. The third-order valence-electron chi connectivity index (χ3n) is 2.80. The van der Waals surface area contributed by atoms with Crippen molar-refractivity contribution >= 4 is 5.91 Å². The molecule has 3 nitrogen and oxygen atoms in total. The summed E-state index contributed by atoms with van der Waals surface area (Å²) in [4.78, 5) is 11.9. The van der Waals surface area contributed by atoms with E-state index in [1.165, 1.54) is 0 Å². The average molecular weight is 244 g/mol. The van der Waals surface area contributed by atoms with E-state index in [0.717, 1.165) is 24.0 Å². The molecule has 0 aliphatic carbocycles. The van der Waals surface area contributed by atoms with Crippen LogP contribution in [-0.2, 0) is 17.8 Å². The number of nitrogens with one attached hydrogen (secondary N) is 1. The number of benzene rings is 1. The van der Waals surface area contributed by atoms with E-state index in [-0.39, 0.29) is 11.9 Å². The summed E-state index contributed by atoms with van der Waals surface area (Å²) in [6.45, 7) is 2.48. The van der Waals surface area contributed by atoms with Crippen molar-refractivity contribution in [1.29, 1.82) is 0 Å². The van der Waals surface area contributed by atoms with Crippen molar-refractivity contribution in [2.24, 2.45) is 5.73 Å². The normalized spacial score (nSPS) is 11.6. The van der Waals surface area contributed by atoms with Crippen LogP contribution in [0.5, 0.6) is 0 Å². The fourth-order valence-corrected chi connectivity index (χ4v) is 1.83. The van der Waals surface area contributed by atoms with Gasteiger partial charge < -0.3 is 11.1 Å². The highest BCUT2D eigenvalue weighted by atomic mass is 16.1. The van der Waals surface area contributed by atoms with E-state index in [0.29, 0.717) is 13.0 Å². The summed E-state index contributed by atoms with van der Waals surface area (Å²) in [5, 5.41) is 2.85. The summed E-state index contributed by atoms with van der Waals surface area (Å²) in [6.07, 6.45) is 7.46. The molecule has 18 heavy (non-hydrogen) atoms. The van der Waals surface area contributed by atoms with Gasteiger partial charge in [0.05, 0.1) is 12.5 Å². The second-order valence-electron chi connectivity index (χ2n) is 4.23. The standard InChI is InChI=1S/C15H20N2O/c1-3-7-14(4-2)17-15(18)10-12-8-5-6-9-13(12)11-16/h2,5-6,8-9,14H,3,7,10-11,16H2,1H3,(H,17,18). The van der Waals surface area contributed by atoms with Crippen LogP contribution in [0.25, 0.3) is 0 Å². The molecule has 0 aliphatic heterocycles. The van der Waals surface area contributed by atoms with Crippen LogP contribution in [0.4, 0.5) is 0 Å². The lowest BCUT2D eigenvalue weighted by Crippen LogP contribution is -2.34. The van der Waals surface area contributed by atoms with E-state index in [9.17, 15) is 4.79 Å². The second-order valence-corrected chi connectivity index (χ2v) is 4.23. The summed E-state index contributed by atoms with van der Waals surface area (Å²) < 4.78 is 0. The predicted molar refractivity (Wildman–Crippen MR) is 73.7 cm³/mol. The topological polar surface area (TPSA) is 55.1 Å². The molecule has 1 rings (SSSR count). The molecule has 1 aromatic carbocycles. The molecule has 0 saturated heterocycles. The van der Waals surface area contributed by atoms with Gasteiger partial charge in [0.15, 0.2) is 0 Å². The van der Waals surface area contributed by atoms with Crippen LogP contribution in [0, 0.1) is 12.3 Å². The zero-order valence-corrected chi connectivity index (χ0v) is 10.8. The molecule has 3 heteroatoms. The number of rotatable bonds is 6. The molecule has 96 valence electrons. The summed E-state index contributed by atoms with van der Waals surface area (Å²) in [7, 11) is 0. The molecular weight excluding hydrogens is 224 g/mol. The number of hydrogen-bond donors (Lipinski definition) is 2. The lowest BCUT2D eigenvalue weighted by atomic mass is 10.0. The summed E-state index contributed by atoms with van der Waals surface area (Å²) in [6, 6.07) is 7.52. The van der Waals surface area contributed by atoms with E-state index in [1.54, 1.807) is 0 Å².